The van der Waals surface area contributed by atoms with Gasteiger partial charge in [-0.25, -0.2) is 4.98 Å². The average molecular weight is 372 g/mol. The number of carbonyl (C=O) groups is 1. The lowest BCUT2D eigenvalue weighted by Gasteiger charge is -2.10. The summed E-state index contributed by atoms with van der Waals surface area (Å²) < 4.78 is 11.1. The number of hydrogen-bond donors (Lipinski definition) is 1. The Labute approximate surface area is 156 Å². The summed E-state index contributed by atoms with van der Waals surface area (Å²) in [4.78, 5) is 16.5. The van der Waals surface area contributed by atoms with Gasteiger partial charge in [-0.15, -0.1) is 0 Å². The van der Waals surface area contributed by atoms with Gasteiger partial charge in [-0.05, 0) is 50.1 Å². The van der Waals surface area contributed by atoms with Crippen LogP contribution in [0.25, 0.3) is 0 Å². The fraction of sp³-hybridized carbons (Fsp3) is 0.211. The zero-order valence-corrected chi connectivity index (χ0v) is 15.4. The quantitative estimate of drug-likeness (QED) is 0.715. The van der Waals surface area contributed by atoms with Gasteiger partial charge >= 0.3 is 0 Å². The zero-order valence-electron chi connectivity index (χ0n) is 14.7. The van der Waals surface area contributed by atoms with Crippen LogP contribution in [0.2, 0.25) is 5.02 Å². The molecule has 134 valence electrons. The molecule has 0 aliphatic rings. The van der Waals surface area contributed by atoms with E-state index in [4.69, 9.17) is 20.9 Å². The molecule has 0 fully saturated rings. The van der Waals surface area contributed by atoms with Crippen molar-refractivity contribution in [3.05, 3.63) is 69.7 Å². The first-order valence-electron chi connectivity index (χ1n) is 8.02. The smallest absolute Gasteiger partial charge is 0.279 e. The molecule has 0 unspecified atom stereocenters. The number of amides is 1. The molecule has 3 rings (SSSR count). The molecule has 0 radical (unpaired) electrons. The average Bonchev–Trinajstić information content (AvgIpc) is 2.98. The Balaban J connectivity index is 1.76. The highest BCUT2D eigenvalue weighted by molar-refractivity contribution is 6.30. The van der Waals surface area contributed by atoms with Crippen LogP contribution in [0.4, 0.5) is 5.82 Å². The van der Waals surface area contributed by atoms with Crippen LogP contribution in [0.1, 0.15) is 32.9 Å². The number of anilines is 1. The van der Waals surface area contributed by atoms with Crippen molar-refractivity contribution in [1.29, 1.82) is 0 Å². The molecular weight excluding hydrogens is 354 g/mol. The second-order valence-corrected chi connectivity index (χ2v) is 6.38. The first-order valence-corrected chi connectivity index (χ1v) is 8.40. The van der Waals surface area contributed by atoms with Gasteiger partial charge < -0.3 is 14.6 Å². The van der Waals surface area contributed by atoms with Gasteiger partial charge in [-0.3, -0.25) is 4.79 Å². The molecule has 0 saturated carbocycles. The number of carbonyl (C=O) groups excluding carboxylic acids is 1. The van der Waals surface area contributed by atoms with Crippen molar-refractivity contribution in [2.75, 3.05) is 5.32 Å². The van der Waals surface area contributed by atoms with E-state index in [1.165, 1.54) is 6.20 Å². The third-order valence-electron chi connectivity index (χ3n) is 3.88. The van der Waals surface area contributed by atoms with Crippen molar-refractivity contribution >= 4 is 23.3 Å². The minimum Gasteiger partial charge on any atom is -0.488 e. The maximum Gasteiger partial charge on any atom is 0.279 e. The zero-order chi connectivity index (χ0) is 18.7. The highest BCUT2D eigenvalue weighted by Crippen LogP contribution is 2.23. The summed E-state index contributed by atoms with van der Waals surface area (Å²) >= 11 is 5.80. The van der Waals surface area contributed by atoms with Crippen LogP contribution in [-0.4, -0.2) is 16.0 Å². The number of aromatic nitrogens is 2. The van der Waals surface area contributed by atoms with Crippen LogP contribution < -0.4 is 10.1 Å². The summed E-state index contributed by atoms with van der Waals surface area (Å²) in [6.07, 6.45) is 1.45. The van der Waals surface area contributed by atoms with E-state index in [0.29, 0.717) is 22.2 Å². The molecule has 0 atom stereocenters. The Morgan fingerprint density at radius 2 is 2.04 bits per heavy atom. The van der Waals surface area contributed by atoms with Crippen LogP contribution in [0.15, 0.2) is 41.1 Å². The lowest BCUT2D eigenvalue weighted by molar-refractivity contribution is 0.101. The number of nitrogens with zero attached hydrogens (tertiary/aromatic N) is 2. The maximum atomic E-state index is 12.5. The standard InChI is InChI=1S/C19H18ClN3O3/c1-11-4-5-12(2)16(8-11)25-10-15-13(3)26-23-18(15)19(24)22-17-7-6-14(20)9-21-17/h4-9H,10H2,1-3H3,(H,21,22,24). The van der Waals surface area contributed by atoms with Gasteiger partial charge in [0.2, 0.25) is 0 Å². The molecule has 6 nitrogen and oxygen atoms in total. The number of rotatable bonds is 5. The predicted octanol–water partition coefficient (Wildman–Crippen LogP) is 4.48. The fourth-order valence-electron chi connectivity index (χ4n) is 2.38. The Bertz CT molecular complexity index is 936. The third-order valence-corrected chi connectivity index (χ3v) is 4.11. The van der Waals surface area contributed by atoms with Crippen LogP contribution in [0.3, 0.4) is 0 Å². The van der Waals surface area contributed by atoms with Crippen molar-refractivity contribution in [2.45, 2.75) is 27.4 Å². The molecule has 3 aromatic rings. The SMILES string of the molecule is Cc1ccc(C)c(OCc2c(C(=O)Nc3ccc(Cl)cn3)noc2C)c1. The van der Waals surface area contributed by atoms with Gasteiger partial charge in [0.05, 0.1) is 10.6 Å². The summed E-state index contributed by atoms with van der Waals surface area (Å²) in [7, 11) is 0. The maximum absolute atomic E-state index is 12.5. The normalized spacial score (nSPS) is 10.6. The Morgan fingerprint density at radius 1 is 1.23 bits per heavy atom. The van der Waals surface area contributed by atoms with Gasteiger partial charge in [0.15, 0.2) is 5.69 Å². The summed E-state index contributed by atoms with van der Waals surface area (Å²) in [5.41, 5.74) is 2.88. The van der Waals surface area contributed by atoms with E-state index < -0.39 is 5.91 Å². The molecule has 1 amide bonds. The molecule has 0 bridgehead atoms. The van der Waals surface area contributed by atoms with Gasteiger partial charge in [0.1, 0.15) is 23.9 Å². The molecule has 2 heterocycles. The minimum absolute atomic E-state index is 0.171. The van der Waals surface area contributed by atoms with E-state index in [2.05, 4.69) is 15.5 Å². The Morgan fingerprint density at radius 3 is 2.77 bits per heavy atom. The van der Waals surface area contributed by atoms with E-state index in [0.717, 1.165) is 16.9 Å². The topological polar surface area (TPSA) is 77.2 Å². The predicted molar refractivity (Wildman–Crippen MR) is 98.7 cm³/mol. The summed E-state index contributed by atoms with van der Waals surface area (Å²) in [6.45, 7) is 5.88. The fourth-order valence-corrected chi connectivity index (χ4v) is 2.49. The molecule has 0 saturated heterocycles. The monoisotopic (exact) mass is 371 g/mol. The Kier molecular flexibility index (Phi) is 5.23. The van der Waals surface area contributed by atoms with Crippen LogP contribution in [-0.2, 0) is 6.61 Å². The van der Waals surface area contributed by atoms with Gasteiger partial charge in [0, 0.05) is 6.20 Å². The Hall–Kier alpha value is -2.86. The first kappa shape index (κ1) is 17.9. The molecule has 1 aromatic carbocycles. The largest absolute Gasteiger partial charge is 0.488 e. The summed E-state index contributed by atoms with van der Waals surface area (Å²) in [6, 6.07) is 9.22. The van der Waals surface area contributed by atoms with Crippen LogP contribution in [0, 0.1) is 20.8 Å². The molecule has 2 aromatic heterocycles. The number of benzene rings is 1. The molecular formula is C19H18ClN3O3. The van der Waals surface area contributed by atoms with Crippen molar-refractivity contribution < 1.29 is 14.1 Å². The van der Waals surface area contributed by atoms with Gasteiger partial charge in [-0.1, -0.05) is 28.9 Å². The number of halogens is 1. The number of nitrogens with one attached hydrogen (secondary N) is 1. The van der Waals surface area contributed by atoms with E-state index in [1.807, 2.05) is 32.0 Å². The van der Waals surface area contributed by atoms with Crippen molar-refractivity contribution in [1.82, 2.24) is 10.1 Å². The molecule has 0 aliphatic carbocycles. The highest BCUT2D eigenvalue weighted by atomic mass is 35.5. The van der Waals surface area contributed by atoms with Crippen molar-refractivity contribution in [2.24, 2.45) is 0 Å². The highest BCUT2D eigenvalue weighted by Gasteiger charge is 2.21. The second kappa shape index (κ2) is 7.58. The minimum atomic E-state index is -0.420. The number of ether oxygens (including phenoxy) is 1. The number of pyridine rings is 1. The summed E-state index contributed by atoms with van der Waals surface area (Å²) in [5, 5.41) is 7.02. The molecule has 0 aliphatic heterocycles. The lowest BCUT2D eigenvalue weighted by Crippen LogP contribution is -2.16. The van der Waals surface area contributed by atoms with E-state index >= 15 is 0 Å². The van der Waals surface area contributed by atoms with Crippen molar-refractivity contribution in [3.63, 3.8) is 0 Å². The van der Waals surface area contributed by atoms with Gasteiger partial charge in [0.25, 0.3) is 5.91 Å². The summed E-state index contributed by atoms with van der Waals surface area (Å²) in [5.74, 6) is 1.25. The molecule has 26 heavy (non-hydrogen) atoms. The van der Waals surface area contributed by atoms with Crippen LogP contribution in [0.5, 0.6) is 5.75 Å². The number of aryl methyl sites for hydroxylation is 3. The molecule has 1 N–H and O–H groups in total. The molecule has 7 heteroatoms. The van der Waals surface area contributed by atoms with E-state index in [1.54, 1.807) is 19.1 Å². The lowest BCUT2D eigenvalue weighted by atomic mass is 10.1. The van der Waals surface area contributed by atoms with Crippen molar-refractivity contribution in [3.8, 4) is 5.75 Å². The van der Waals surface area contributed by atoms with E-state index in [-0.39, 0.29) is 12.3 Å². The second-order valence-electron chi connectivity index (χ2n) is 5.94. The third kappa shape index (κ3) is 4.03. The molecule has 0 spiro atoms. The number of hydrogen-bond acceptors (Lipinski definition) is 5. The first-order chi connectivity index (χ1) is 12.4. The van der Waals surface area contributed by atoms with Crippen LogP contribution >= 0.6 is 11.6 Å². The van der Waals surface area contributed by atoms with E-state index in [9.17, 15) is 4.79 Å². The van der Waals surface area contributed by atoms with Gasteiger partial charge in [-0.2, -0.15) is 0 Å².